The molecule has 0 radical (unpaired) electrons. The van der Waals surface area contributed by atoms with Crippen LogP contribution in [0.15, 0.2) is 0 Å². The molecule has 0 N–H and O–H groups in total. The van der Waals surface area contributed by atoms with Crippen LogP contribution in [0.1, 0.15) is 12.8 Å². The minimum absolute atomic E-state index is 0.0517. The Morgan fingerprint density at radius 1 is 1.43 bits per heavy atom. The Balaban J connectivity index is 2.19. The van der Waals surface area contributed by atoms with Gasteiger partial charge >= 0.3 is 5.97 Å². The minimum atomic E-state index is -1.20. The van der Waals surface area contributed by atoms with E-state index in [1.165, 1.54) is 14.2 Å². The van der Waals surface area contributed by atoms with Crippen LogP contribution < -0.4 is 0 Å². The molecule has 2 heterocycles. The van der Waals surface area contributed by atoms with Crippen molar-refractivity contribution >= 4 is 5.97 Å². The maximum Gasteiger partial charge on any atom is 0.316 e. The van der Waals surface area contributed by atoms with E-state index >= 15 is 0 Å². The molecule has 2 unspecified atom stereocenters. The van der Waals surface area contributed by atoms with E-state index in [0.717, 1.165) is 6.42 Å². The highest BCUT2D eigenvalue weighted by molar-refractivity contribution is 5.73. The van der Waals surface area contributed by atoms with Crippen LogP contribution in [0, 0.1) is 5.92 Å². The topological polar surface area (TPSA) is 54.0 Å². The monoisotopic (exact) mass is 202 g/mol. The second kappa shape index (κ2) is 3.49. The van der Waals surface area contributed by atoms with Gasteiger partial charge in [-0.25, -0.2) is 0 Å². The van der Waals surface area contributed by atoms with E-state index in [0.29, 0.717) is 13.0 Å². The maximum absolute atomic E-state index is 11.5. The zero-order valence-corrected chi connectivity index (χ0v) is 8.32. The van der Waals surface area contributed by atoms with Gasteiger partial charge in [-0.05, 0) is 12.8 Å². The van der Waals surface area contributed by atoms with Crippen LogP contribution in [-0.4, -0.2) is 38.9 Å². The highest BCUT2D eigenvalue weighted by Crippen LogP contribution is 2.41. The van der Waals surface area contributed by atoms with Gasteiger partial charge in [-0.3, -0.25) is 4.79 Å². The fourth-order valence-corrected chi connectivity index (χ4v) is 2.02. The number of rotatable bonds is 2. The molecule has 0 spiro atoms. The van der Waals surface area contributed by atoms with Crippen molar-refractivity contribution in [2.45, 2.75) is 24.9 Å². The SMILES string of the molecule is COC(=O)[C@@H]1CCC2COC1(OC)O2. The third kappa shape index (κ3) is 1.32. The van der Waals surface area contributed by atoms with Gasteiger partial charge in [0.1, 0.15) is 5.92 Å². The first-order valence-corrected chi connectivity index (χ1v) is 4.66. The molecule has 5 nitrogen and oxygen atoms in total. The number of carbonyl (C=O) groups excluding carboxylic acids is 1. The average Bonchev–Trinajstić information content (AvgIpc) is 2.56. The summed E-state index contributed by atoms with van der Waals surface area (Å²) in [5.41, 5.74) is 0. The van der Waals surface area contributed by atoms with Crippen LogP contribution in [0.3, 0.4) is 0 Å². The van der Waals surface area contributed by atoms with Crippen molar-refractivity contribution < 1.29 is 23.7 Å². The lowest BCUT2D eigenvalue weighted by Crippen LogP contribution is -2.48. The van der Waals surface area contributed by atoms with Gasteiger partial charge in [-0.1, -0.05) is 0 Å². The van der Waals surface area contributed by atoms with Crippen LogP contribution in [0.4, 0.5) is 0 Å². The van der Waals surface area contributed by atoms with Crippen molar-refractivity contribution in [2.24, 2.45) is 5.92 Å². The molecule has 0 amide bonds. The van der Waals surface area contributed by atoms with Crippen molar-refractivity contribution in [3.05, 3.63) is 0 Å². The number of methoxy groups -OCH3 is 2. The van der Waals surface area contributed by atoms with Crippen LogP contribution >= 0.6 is 0 Å². The van der Waals surface area contributed by atoms with Crippen LogP contribution in [0.25, 0.3) is 0 Å². The molecule has 0 aromatic carbocycles. The van der Waals surface area contributed by atoms with Gasteiger partial charge in [-0.15, -0.1) is 0 Å². The zero-order chi connectivity index (χ0) is 10.2. The normalized spacial score (nSPS) is 41.0. The van der Waals surface area contributed by atoms with Crippen LogP contribution in [0.5, 0.6) is 0 Å². The zero-order valence-electron chi connectivity index (χ0n) is 8.32. The minimum Gasteiger partial charge on any atom is -0.469 e. The van der Waals surface area contributed by atoms with E-state index in [1.54, 1.807) is 0 Å². The van der Waals surface area contributed by atoms with Crippen LogP contribution in [-0.2, 0) is 23.7 Å². The first-order valence-electron chi connectivity index (χ1n) is 4.66. The van der Waals surface area contributed by atoms with E-state index in [2.05, 4.69) is 4.74 Å². The highest BCUT2D eigenvalue weighted by atomic mass is 16.9. The number of hydrogen-bond acceptors (Lipinski definition) is 5. The van der Waals surface area contributed by atoms with Crippen molar-refractivity contribution in [3.63, 3.8) is 0 Å². The predicted molar refractivity (Wildman–Crippen MR) is 45.3 cm³/mol. The number of carbonyl (C=O) groups is 1. The number of fused-ring (bicyclic) bond motifs is 2. The van der Waals surface area contributed by atoms with Crippen LogP contribution in [0.2, 0.25) is 0 Å². The first-order chi connectivity index (χ1) is 6.72. The molecule has 2 aliphatic rings. The lowest BCUT2D eigenvalue weighted by Gasteiger charge is -2.35. The summed E-state index contributed by atoms with van der Waals surface area (Å²) in [6, 6.07) is 0. The van der Waals surface area contributed by atoms with Gasteiger partial charge in [0.05, 0.1) is 19.8 Å². The second-order valence-electron chi connectivity index (χ2n) is 3.51. The third-order valence-electron chi connectivity index (χ3n) is 2.78. The lowest BCUT2D eigenvalue weighted by molar-refractivity contribution is -0.360. The van der Waals surface area contributed by atoms with Crippen molar-refractivity contribution in [1.29, 1.82) is 0 Å². The average molecular weight is 202 g/mol. The van der Waals surface area contributed by atoms with E-state index in [1.807, 2.05) is 0 Å². The summed E-state index contributed by atoms with van der Waals surface area (Å²) in [6.07, 6.45) is 1.55. The summed E-state index contributed by atoms with van der Waals surface area (Å²) in [4.78, 5) is 11.5. The Labute approximate surface area is 82.3 Å². The summed E-state index contributed by atoms with van der Waals surface area (Å²) in [5.74, 6) is -2.01. The summed E-state index contributed by atoms with van der Waals surface area (Å²) in [6.45, 7) is 0.487. The molecule has 2 aliphatic heterocycles. The van der Waals surface area contributed by atoms with Gasteiger partial charge < -0.3 is 18.9 Å². The Morgan fingerprint density at radius 3 is 2.86 bits per heavy atom. The molecule has 2 bridgehead atoms. The molecule has 5 heteroatoms. The maximum atomic E-state index is 11.5. The van der Waals surface area contributed by atoms with Gasteiger partial charge in [0.2, 0.25) is 0 Å². The van der Waals surface area contributed by atoms with E-state index < -0.39 is 11.9 Å². The molecular weight excluding hydrogens is 188 g/mol. The van der Waals surface area contributed by atoms with E-state index in [9.17, 15) is 4.79 Å². The Bertz CT molecular complexity index is 241. The fourth-order valence-electron chi connectivity index (χ4n) is 2.02. The molecule has 0 saturated carbocycles. The molecule has 2 rings (SSSR count). The number of ether oxygens (including phenoxy) is 4. The van der Waals surface area contributed by atoms with E-state index in [4.69, 9.17) is 14.2 Å². The molecule has 0 aromatic rings. The van der Waals surface area contributed by atoms with Crippen molar-refractivity contribution in [3.8, 4) is 0 Å². The quantitative estimate of drug-likeness (QED) is 0.602. The fraction of sp³-hybridized carbons (Fsp3) is 0.889. The summed E-state index contributed by atoms with van der Waals surface area (Å²) in [7, 11) is 2.83. The van der Waals surface area contributed by atoms with Gasteiger partial charge in [0.15, 0.2) is 0 Å². The Kier molecular flexibility index (Phi) is 2.47. The third-order valence-corrected chi connectivity index (χ3v) is 2.78. The summed E-state index contributed by atoms with van der Waals surface area (Å²) >= 11 is 0. The number of hydrogen-bond donors (Lipinski definition) is 0. The molecule has 0 aliphatic carbocycles. The summed E-state index contributed by atoms with van der Waals surface area (Å²) < 4.78 is 20.8. The van der Waals surface area contributed by atoms with E-state index in [-0.39, 0.29) is 12.1 Å². The molecule has 0 aromatic heterocycles. The predicted octanol–water partition coefficient (Wildman–Crippen LogP) is 0.285. The number of esters is 1. The Morgan fingerprint density at radius 2 is 2.21 bits per heavy atom. The molecule has 14 heavy (non-hydrogen) atoms. The smallest absolute Gasteiger partial charge is 0.316 e. The largest absolute Gasteiger partial charge is 0.469 e. The molecule has 80 valence electrons. The molecular formula is C9H14O5. The van der Waals surface area contributed by atoms with Gasteiger partial charge in [0, 0.05) is 7.11 Å². The van der Waals surface area contributed by atoms with Gasteiger partial charge in [-0.2, -0.15) is 0 Å². The summed E-state index contributed by atoms with van der Waals surface area (Å²) in [5, 5.41) is 0. The molecule has 2 fully saturated rings. The lowest BCUT2D eigenvalue weighted by atomic mass is 9.96. The van der Waals surface area contributed by atoms with Crippen molar-refractivity contribution in [2.75, 3.05) is 20.8 Å². The standard InChI is InChI=1S/C9H14O5/c1-11-8(10)7-4-3-6-5-13-9(7,12-2)14-6/h6-7H,3-5H2,1-2H3/t6?,7-,9?/m0/s1. The Hall–Kier alpha value is -0.650. The second-order valence-corrected chi connectivity index (χ2v) is 3.51. The van der Waals surface area contributed by atoms with Crippen molar-refractivity contribution in [1.82, 2.24) is 0 Å². The molecule has 2 saturated heterocycles. The first kappa shape index (κ1) is 9.89. The van der Waals surface area contributed by atoms with Gasteiger partial charge in [0.25, 0.3) is 5.97 Å². The highest BCUT2D eigenvalue weighted by Gasteiger charge is 2.56. The molecule has 3 atom stereocenters.